The summed E-state index contributed by atoms with van der Waals surface area (Å²) in [6.45, 7) is 15.8. The van der Waals surface area contributed by atoms with Crippen LogP contribution in [0.25, 0.3) is 10.8 Å². The van der Waals surface area contributed by atoms with Gasteiger partial charge in [-0.15, -0.1) is 12.8 Å². The van der Waals surface area contributed by atoms with E-state index in [0.717, 1.165) is 18.5 Å². The highest BCUT2D eigenvalue weighted by Crippen LogP contribution is 2.16. The summed E-state index contributed by atoms with van der Waals surface area (Å²) >= 11 is 0. The second-order valence-electron chi connectivity index (χ2n) is 8.36. The quantitative estimate of drug-likeness (QED) is 0.248. The van der Waals surface area contributed by atoms with Crippen molar-refractivity contribution in [2.45, 2.75) is 53.0 Å². The van der Waals surface area contributed by atoms with Gasteiger partial charge in [0, 0.05) is 24.7 Å². The molecule has 1 aliphatic rings. The van der Waals surface area contributed by atoms with E-state index in [4.69, 9.17) is 10.4 Å². The molecular weight excluding hydrogens is 442 g/mol. The fourth-order valence-electron chi connectivity index (χ4n) is 3.91. The number of aliphatic hydroxyl groups excluding tert-OH is 1. The average molecular weight is 488 g/mol. The van der Waals surface area contributed by atoms with Gasteiger partial charge >= 0.3 is 0 Å². The van der Waals surface area contributed by atoms with E-state index in [-0.39, 0.29) is 6.61 Å². The van der Waals surface area contributed by atoms with Gasteiger partial charge in [-0.1, -0.05) is 75.0 Å². The smallest absolute Gasteiger partial charge is 0.0944 e. The van der Waals surface area contributed by atoms with Crippen molar-refractivity contribution in [1.82, 2.24) is 10.2 Å². The summed E-state index contributed by atoms with van der Waals surface area (Å²) in [5.74, 6) is 0. The predicted octanol–water partition coefficient (Wildman–Crippen LogP) is 6.29. The number of allylic oxidation sites excluding steroid dienone is 3. The molecule has 1 heterocycles. The van der Waals surface area contributed by atoms with Crippen molar-refractivity contribution < 1.29 is 5.11 Å². The summed E-state index contributed by atoms with van der Waals surface area (Å²) in [6, 6.07) is 17.5. The second-order valence-corrected chi connectivity index (χ2v) is 8.36. The van der Waals surface area contributed by atoms with E-state index in [1.165, 1.54) is 47.8 Å². The number of aliphatic hydroxyl groups is 1. The zero-order valence-electron chi connectivity index (χ0n) is 22.7. The normalized spacial score (nSPS) is 14.2. The maximum atomic E-state index is 8.76. The minimum absolute atomic E-state index is 0.196. The second kappa shape index (κ2) is 21.2. The minimum Gasteiger partial charge on any atom is -0.395 e. The van der Waals surface area contributed by atoms with Crippen molar-refractivity contribution in [3.63, 3.8) is 0 Å². The molecule has 4 heteroatoms. The van der Waals surface area contributed by atoms with Gasteiger partial charge in [0.15, 0.2) is 0 Å². The molecule has 2 N–H and O–H groups in total. The van der Waals surface area contributed by atoms with Crippen LogP contribution in [0, 0.1) is 24.2 Å². The van der Waals surface area contributed by atoms with E-state index in [0.29, 0.717) is 12.6 Å². The van der Waals surface area contributed by atoms with Gasteiger partial charge < -0.3 is 10.4 Å². The van der Waals surface area contributed by atoms with E-state index >= 15 is 0 Å². The highest BCUT2D eigenvalue weighted by atomic mass is 16.3. The molecule has 0 saturated carbocycles. The number of hydrogen-bond donors (Lipinski definition) is 2. The molecule has 194 valence electrons. The molecular formula is C32H45N3O. The van der Waals surface area contributed by atoms with E-state index in [2.05, 4.69) is 85.1 Å². The Kier molecular flexibility index (Phi) is 19.3. The molecule has 0 aliphatic carbocycles. The number of likely N-dealkylation sites (tertiary alicyclic amines) is 1. The number of nitriles is 1. The summed E-state index contributed by atoms with van der Waals surface area (Å²) in [5.41, 5.74) is 3.26. The van der Waals surface area contributed by atoms with Crippen molar-refractivity contribution in [1.29, 1.82) is 5.26 Å². The van der Waals surface area contributed by atoms with Crippen LogP contribution in [-0.2, 0) is 6.42 Å². The third kappa shape index (κ3) is 13.7. The van der Waals surface area contributed by atoms with Gasteiger partial charge in [-0.3, -0.25) is 4.90 Å². The third-order valence-electron chi connectivity index (χ3n) is 5.48. The molecule has 1 unspecified atom stereocenters. The van der Waals surface area contributed by atoms with Crippen LogP contribution in [-0.4, -0.2) is 48.8 Å². The van der Waals surface area contributed by atoms with Gasteiger partial charge in [-0.05, 0) is 74.2 Å². The topological polar surface area (TPSA) is 59.3 Å². The molecule has 1 saturated heterocycles. The summed E-state index contributed by atoms with van der Waals surface area (Å²) in [5, 5.41) is 23.3. The first-order chi connectivity index (χ1) is 17.5. The molecule has 3 rings (SSSR count). The monoisotopic (exact) mass is 487 g/mol. The lowest BCUT2D eigenvalue weighted by atomic mass is 10.0. The molecule has 1 aliphatic heterocycles. The van der Waals surface area contributed by atoms with Gasteiger partial charge in [0.25, 0.3) is 0 Å². The van der Waals surface area contributed by atoms with Gasteiger partial charge in [-0.25, -0.2) is 0 Å². The Hall–Kier alpha value is -3.15. The van der Waals surface area contributed by atoms with E-state index in [1.54, 1.807) is 6.08 Å². The Morgan fingerprint density at radius 1 is 1.17 bits per heavy atom. The lowest BCUT2D eigenvalue weighted by molar-refractivity contribution is 0.285. The Morgan fingerprint density at radius 2 is 1.81 bits per heavy atom. The zero-order chi connectivity index (χ0) is 27.2. The molecule has 1 fully saturated rings. The Morgan fingerprint density at radius 3 is 2.39 bits per heavy atom. The van der Waals surface area contributed by atoms with Gasteiger partial charge in [0.1, 0.15) is 0 Å². The number of nitrogens with one attached hydrogen (secondary N) is 1. The number of rotatable bonds is 9. The minimum atomic E-state index is 0.196. The number of fused-ring (bicyclic) bond motifs is 1. The molecule has 0 amide bonds. The molecule has 0 spiro atoms. The lowest BCUT2D eigenvalue weighted by Crippen LogP contribution is -2.30. The number of terminal acetylenes is 1. The lowest BCUT2D eigenvalue weighted by Gasteiger charge is -2.14. The van der Waals surface area contributed by atoms with Crippen molar-refractivity contribution in [2.24, 2.45) is 0 Å². The zero-order valence-corrected chi connectivity index (χ0v) is 22.7. The molecule has 36 heavy (non-hydrogen) atoms. The highest BCUT2D eigenvalue weighted by molar-refractivity contribution is 5.83. The Labute approximate surface area is 220 Å². The molecule has 0 radical (unpaired) electrons. The van der Waals surface area contributed by atoms with Gasteiger partial charge in [0.2, 0.25) is 0 Å². The van der Waals surface area contributed by atoms with Crippen molar-refractivity contribution in [2.75, 3.05) is 32.8 Å². The number of hydrogen-bond acceptors (Lipinski definition) is 4. The van der Waals surface area contributed by atoms with Crippen molar-refractivity contribution >= 4 is 10.8 Å². The number of benzene rings is 2. The Bertz CT molecular complexity index is 991. The van der Waals surface area contributed by atoms with Crippen LogP contribution in [0.3, 0.4) is 0 Å². The molecule has 0 aromatic heterocycles. The summed E-state index contributed by atoms with van der Waals surface area (Å²) in [4.78, 5) is 2.41. The largest absolute Gasteiger partial charge is 0.395 e. The first-order valence-electron chi connectivity index (χ1n) is 12.8. The first-order valence-corrected chi connectivity index (χ1v) is 12.8. The molecule has 1 atom stereocenters. The fourth-order valence-corrected chi connectivity index (χ4v) is 3.91. The van der Waals surface area contributed by atoms with E-state index in [9.17, 15) is 0 Å². The molecule has 2 aromatic carbocycles. The van der Waals surface area contributed by atoms with Gasteiger partial charge in [0.05, 0.1) is 12.7 Å². The molecule has 0 bridgehead atoms. The van der Waals surface area contributed by atoms with Crippen LogP contribution in [0.2, 0.25) is 0 Å². The molecule has 4 nitrogen and oxygen atoms in total. The van der Waals surface area contributed by atoms with Gasteiger partial charge in [-0.2, -0.15) is 5.26 Å². The Balaban J connectivity index is 0.000000602. The van der Waals surface area contributed by atoms with E-state index in [1.807, 2.05) is 32.9 Å². The summed E-state index contributed by atoms with van der Waals surface area (Å²) in [7, 11) is 0. The SMILES string of the molecule is C#C.C=C/C=C(\C=C(/C)C#N)CN1CCCC1.CC.CC(Cc1ccc2ccccc2c1)NCCO. The van der Waals surface area contributed by atoms with Crippen LogP contribution in [0.15, 0.2) is 78.4 Å². The van der Waals surface area contributed by atoms with Crippen LogP contribution in [0.1, 0.15) is 46.1 Å². The molecule has 2 aromatic rings. The maximum Gasteiger partial charge on any atom is 0.0944 e. The van der Waals surface area contributed by atoms with Crippen LogP contribution in [0.5, 0.6) is 0 Å². The standard InChI is InChI=1S/C15H19NO.C13H18N2.C2H6.C2H2/c1-12(16-8-9-17)10-13-6-7-14-4-2-3-5-15(14)11-13;1-3-6-13(9-12(2)10-14)11-15-7-4-5-8-15;2*1-2/h2-7,11-12,16-17H,8-10H2,1H3;3,6,9H,1,4-5,7-8,11H2,2H3;1-2H3;1-2H/b;12-9+,13-6+;;. The predicted molar refractivity (Wildman–Crippen MR) is 157 cm³/mol. The first kappa shape index (κ1) is 32.8. The summed E-state index contributed by atoms with van der Waals surface area (Å²) < 4.78 is 0. The highest BCUT2D eigenvalue weighted by Gasteiger charge is 2.11. The van der Waals surface area contributed by atoms with Crippen molar-refractivity contribution in [3.8, 4) is 18.9 Å². The average Bonchev–Trinajstić information content (AvgIpc) is 3.43. The maximum absolute atomic E-state index is 8.76. The van der Waals surface area contributed by atoms with Crippen LogP contribution < -0.4 is 5.32 Å². The van der Waals surface area contributed by atoms with E-state index < -0.39 is 0 Å². The fraction of sp³-hybridized carbons (Fsp3) is 0.406. The third-order valence-corrected chi connectivity index (χ3v) is 5.48. The van der Waals surface area contributed by atoms with Crippen LogP contribution >= 0.6 is 0 Å². The van der Waals surface area contributed by atoms with Crippen molar-refractivity contribution in [3.05, 3.63) is 84.0 Å². The summed E-state index contributed by atoms with van der Waals surface area (Å²) in [6.07, 6.45) is 17.3. The number of nitrogens with zero attached hydrogens (tertiary/aromatic N) is 2. The van der Waals surface area contributed by atoms with Crippen LogP contribution in [0.4, 0.5) is 0 Å².